The van der Waals surface area contributed by atoms with Crippen LogP contribution >= 0.6 is 0 Å². The fourth-order valence-corrected chi connectivity index (χ4v) is 6.54. The Hall–Kier alpha value is -2.40. The predicted octanol–water partition coefficient (Wildman–Crippen LogP) is 3.57. The van der Waals surface area contributed by atoms with Crippen LogP contribution < -0.4 is 24.0 Å². The van der Waals surface area contributed by atoms with Gasteiger partial charge in [-0.25, -0.2) is 0 Å². The van der Waals surface area contributed by atoms with E-state index < -0.39 is 0 Å². The fraction of sp³-hybridized carbons (Fsp3) is 0.538. The highest BCUT2D eigenvalue weighted by Crippen LogP contribution is 2.54. The van der Waals surface area contributed by atoms with E-state index in [1.165, 1.54) is 62.0 Å². The second-order valence-electron chi connectivity index (χ2n) is 9.86. The molecule has 3 heterocycles. The summed E-state index contributed by atoms with van der Waals surface area (Å²) in [6, 6.07) is 13.5. The van der Waals surface area contributed by atoms with Gasteiger partial charge in [-0.05, 0) is 36.6 Å². The number of rotatable bonds is 3. The van der Waals surface area contributed by atoms with Crippen LogP contribution in [0.4, 0.5) is 5.69 Å². The molecule has 4 aliphatic rings. The minimum Gasteiger partial charge on any atom is -0.454 e. The third kappa shape index (κ3) is 3.00. The number of fused-ring (bicyclic) bond motifs is 3. The Morgan fingerprint density at radius 3 is 2.39 bits per heavy atom. The molecule has 0 bridgehead atoms. The molecule has 5 nitrogen and oxygen atoms in total. The van der Waals surface area contributed by atoms with E-state index in [0.29, 0.717) is 18.6 Å². The first-order valence-corrected chi connectivity index (χ1v) is 11.9. The average Bonchev–Trinajstić information content (AvgIpc) is 3.48. The lowest BCUT2D eigenvalue weighted by molar-refractivity contribution is -0.971. The molecule has 2 aromatic carbocycles. The highest BCUT2D eigenvalue weighted by atomic mass is 16.7. The van der Waals surface area contributed by atoms with Gasteiger partial charge < -0.3 is 19.1 Å². The van der Waals surface area contributed by atoms with Gasteiger partial charge in [0.2, 0.25) is 12.5 Å². The molecule has 31 heavy (non-hydrogen) atoms. The van der Waals surface area contributed by atoms with Crippen molar-refractivity contribution in [1.82, 2.24) is 0 Å². The molecule has 164 valence electrons. The normalized spacial score (nSPS) is 29.2. The summed E-state index contributed by atoms with van der Waals surface area (Å²) >= 11 is 0. The molecule has 0 amide bonds. The van der Waals surface area contributed by atoms with Crippen molar-refractivity contribution in [2.45, 2.75) is 50.2 Å². The van der Waals surface area contributed by atoms with E-state index in [1.807, 2.05) is 0 Å². The Morgan fingerprint density at radius 1 is 0.903 bits per heavy atom. The van der Waals surface area contributed by atoms with E-state index in [9.17, 15) is 0 Å². The van der Waals surface area contributed by atoms with Gasteiger partial charge in [0.05, 0.1) is 19.0 Å². The molecule has 1 aliphatic carbocycles. The molecule has 1 N–H and O–H groups in total. The van der Waals surface area contributed by atoms with Gasteiger partial charge in [-0.2, -0.15) is 0 Å². The maximum absolute atomic E-state index is 7.07. The van der Waals surface area contributed by atoms with E-state index in [0.717, 1.165) is 23.7 Å². The summed E-state index contributed by atoms with van der Waals surface area (Å²) in [7, 11) is 4.20. The van der Waals surface area contributed by atoms with Crippen LogP contribution in [0.2, 0.25) is 0 Å². The van der Waals surface area contributed by atoms with Crippen molar-refractivity contribution in [2.75, 3.05) is 38.9 Å². The molecule has 0 unspecified atom stereocenters. The number of nitrogens with zero attached hydrogens (tertiary/aromatic N) is 1. The minimum atomic E-state index is -0.125. The lowest BCUT2D eigenvalue weighted by Gasteiger charge is -2.52. The smallest absolute Gasteiger partial charge is 0.245 e. The van der Waals surface area contributed by atoms with Gasteiger partial charge in [-0.1, -0.05) is 18.6 Å². The number of benzene rings is 2. The van der Waals surface area contributed by atoms with Gasteiger partial charge in [0.15, 0.2) is 11.5 Å². The van der Waals surface area contributed by atoms with Crippen LogP contribution in [-0.2, 0) is 0 Å². The van der Waals surface area contributed by atoms with Crippen molar-refractivity contribution >= 4 is 5.69 Å². The van der Waals surface area contributed by atoms with Crippen molar-refractivity contribution in [1.29, 1.82) is 0 Å². The molecule has 3 atom stereocenters. The van der Waals surface area contributed by atoms with E-state index in [4.69, 9.17) is 14.2 Å². The third-order valence-electron chi connectivity index (χ3n) is 8.02. The summed E-state index contributed by atoms with van der Waals surface area (Å²) in [6.45, 7) is 2.75. The van der Waals surface area contributed by atoms with Crippen molar-refractivity contribution in [3.63, 3.8) is 0 Å². The van der Waals surface area contributed by atoms with E-state index in [-0.39, 0.29) is 5.72 Å². The summed E-state index contributed by atoms with van der Waals surface area (Å²) in [5, 5.41) is 0. The van der Waals surface area contributed by atoms with Gasteiger partial charge in [-0.3, -0.25) is 4.90 Å². The van der Waals surface area contributed by atoms with Crippen LogP contribution in [0.3, 0.4) is 0 Å². The standard InChI is InChI=1S/C26H32N2O3/c1-27(2)19-10-8-18(9-11-19)25-20-15-23-24(30-17-29-23)16-22(20)31-26(28-13-5-6-14-28)12-4-3-7-21(25)26/h8-11,15-16,21,25H,3-7,12-14,17H2,1-2H3/p+1/t21-,25+,26-/m1/s1. The molecule has 5 heteroatoms. The first kappa shape index (κ1) is 19.3. The summed E-state index contributed by atoms with van der Waals surface area (Å²) < 4.78 is 18.6. The number of ether oxygens (including phenoxy) is 3. The fourth-order valence-electron chi connectivity index (χ4n) is 6.54. The predicted molar refractivity (Wildman–Crippen MR) is 120 cm³/mol. The zero-order valence-electron chi connectivity index (χ0n) is 18.7. The monoisotopic (exact) mass is 421 g/mol. The number of anilines is 1. The highest BCUT2D eigenvalue weighted by Gasteiger charge is 2.58. The largest absolute Gasteiger partial charge is 0.454 e. The number of hydrogen-bond donors (Lipinski definition) is 1. The quantitative estimate of drug-likeness (QED) is 0.822. The Kier molecular flexibility index (Phi) is 4.57. The van der Waals surface area contributed by atoms with Crippen LogP contribution in [0, 0.1) is 5.92 Å². The number of likely N-dealkylation sites (tertiary alicyclic amines) is 1. The van der Waals surface area contributed by atoms with Gasteiger partial charge in [0, 0.05) is 56.6 Å². The average molecular weight is 422 g/mol. The van der Waals surface area contributed by atoms with E-state index in [1.54, 1.807) is 4.90 Å². The first-order valence-electron chi connectivity index (χ1n) is 11.9. The molecule has 2 fully saturated rings. The first-order chi connectivity index (χ1) is 15.2. The van der Waals surface area contributed by atoms with Crippen LogP contribution in [-0.4, -0.2) is 39.7 Å². The van der Waals surface area contributed by atoms with E-state index >= 15 is 0 Å². The van der Waals surface area contributed by atoms with Crippen molar-refractivity contribution in [2.24, 2.45) is 5.92 Å². The number of quaternary nitrogens is 1. The van der Waals surface area contributed by atoms with Gasteiger partial charge in [0.1, 0.15) is 5.75 Å². The zero-order valence-corrected chi connectivity index (χ0v) is 18.7. The molecule has 3 aliphatic heterocycles. The molecule has 0 radical (unpaired) electrons. The maximum atomic E-state index is 7.07. The lowest BCUT2D eigenvalue weighted by Crippen LogP contribution is -3.21. The number of nitrogens with one attached hydrogen (secondary N) is 1. The van der Waals surface area contributed by atoms with Gasteiger partial charge >= 0.3 is 0 Å². The zero-order chi connectivity index (χ0) is 21.0. The second-order valence-corrected chi connectivity index (χ2v) is 9.86. The molecule has 2 aromatic rings. The summed E-state index contributed by atoms with van der Waals surface area (Å²) in [6.07, 6.45) is 7.53. The highest BCUT2D eigenvalue weighted by molar-refractivity contribution is 5.57. The minimum absolute atomic E-state index is 0.125. The Bertz CT molecular complexity index is 967. The third-order valence-corrected chi connectivity index (χ3v) is 8.02. The van der Waals surface area contributed by atoms with Crippen LogP contribution in [0.5, 0.6) is 17.2 Å². The SMILES string of the molecule is CN(C)c1ccc([C@H]2c3cc4c(cc3O[C@]3([NH+]5CCCC5)CCCC[C@H]23)OCO4)cc1. The van der Waals surface area contributed by atoms with Crippen LogP contribution in [0.15, 0.2) is 36.4 Å². The van der Waals surface area contributed by atoms with Gasteiger partial charge in [0.25, 0.3) is 0 Å². The Morgan fingerprint density at radius 2 is 1.65 bits per heavy atom. The molecular formula is C26H33N2O3+. The van der Waals surface area contributed by atoms with Crippen molar-refractivity contribution in [3.05, 3.63) is 47.5 Å². The van der Waals surface area contributed by atoms with Crippen LogP contribution in [0.1, 0.15) is 55.6 Å². The van der Waals surface area contributed by atoms with Gasteiger partial charge in [-0.15, -0.1) is 0 Å². The van der Waals surface area contributed by atoms with Crippen LogP contribution in [0.25, 0.3) is 0 Å². The Labute approximate surface area is 184 Å². The molecule has 1 saturated carbocycles. The molecular weight excluding hydrogens is 388 g/mol. The summed E-state index contributed by atoms with van der Waals surface area (Å²) in [4.78, 5) is 3.83. The van der Waals surface area contributed by atoms with E-state index in [2.05, 4.69) is 55.4 Å². The maximum Gasteiger partial charge on any atom is 0.245 e. The topological polar surface area (TPSA) is 35.4 Å². The summed E-state index contributed by atoms with van der Waals surface area (Å²) in [5.74, 6) is 3.48. The Balaban J connectivity index is 1.51. The summed E-state index contributed by atoms with van der Waals surface area (Å²) in [5.41, 5.74) is 3.77. The lowest BCUT2D eigenvalue weighted by atomic mass is 9.66. The molecule has 1 saturated heterocycles. The number of hydrogen-bond acceptors (Lipinski definition) is 4. The second kappa shape index (κ2) is 7.33. The van der Waals surface area contributed by atoms with Crippen molar-refractivity contribution < 1.29 is 19.1 Å². The van der Waals surface area contributed by atoms with Crippen molar-refractivity contribution in [3.8, 4) is 17.2 Å². The molecule has 0 spiro atoms. The molecule has 0 aromatic heterocycles. The molecule has 6 rings (SSSR count).